The zero-order chi connectivity index (χ0) is 22.4. The van der Waals surface area contributed by atoms with Gasteiger partial charge in [0.2, 0.25) is 0 Å². The number of nitrogens with zero attached hydrogens (tertiary/aromatic N) is 2. The zero-order valence-electron chi connectivity index (χ0n) is 17.2. The highest BCUT2D eigenvalue weighted by molar-refractivity contribution is 6.08. The second-order valence-electron chi connectivity index (χ2n) is 7.18. The maximum Gasteiger partial charge on any atom is 0.387 e. The van der Waals surface area contributed by atoms with Crippen molar-refractivity contribution in [2.45, 2.75) is 46.8 Å². The molecule has 0 saturated heterocycles. The SMILES string of the molecule is CCCCn1c(N)c(N(CC(C)C)C(=O)c2ccccc2OC(F)F)c(=O)[nH]c1=O. The Morgan fingerprint density at radius 1 is 1.27 bits per heavy atom. The lowest BCUT2D eigenvalue weighted by Crippen LogP contribution is -2.42. The molecule has 164 valence electrons. The number of hydrogen-bond acceptors (Lipinski definition) is 5. The Morgan fingerprint density at radius 3 is 2.53 bits per heavy atom. The average Bonchev–Trinajstić information content (AvgIpc) is 2.66. The van der Waals surface area contributed by atoms with Gasteiger partial charge in [0.25, 0.3) is 11.5 Å². The quantitative estimate of drug-likeness (QED) is 0.643. The molecule has 0 atom stereocenters. The van der Waals surface area contributed by atoms with E-state index in [1.165, 1.54) is 28.8 Å². The number of alkyl halides is 2. The number of halogens is 2. The second-order valence-corrected chi connectivity index (χ2v) is 7.18. The number of carbonyl (C=O) groups excluding carboxylic acids is 1. The molecule has 2 aromatic rings. The first-order valence-electron chi connectivity index (χ1n) is 9.65. The molecule has 0 fully saturated rings. The third-order valence-electron chi connectivity index (χ3n) is 4.35. The van der Waals surface area contributed by atoms with Gasteiger partial charge in [-0.2, -0.15) is 8.78 Å². The Hall–Kier alpha value is -3.17. The Bertz CT molecular complexity index is 1000. The first-order chi connectivity index (χ1) is 14.2. The number of aromatic nitrogens is 2. The minimum atomic E-state index is -3.12. The minimum absolute atomic E-state index is 0.0705. The first kappa shape index (κ1) is 23.1. The Labute approximate surface area is 172 Å². The summed E-state index contributed by atoms with van der Waals surface area (Å²) in [7, 11) is 0. The molecule has 2 rings (SSSR count). The van der Waals surface area contributed by atoms with Crippen molar-refractivity contribution in [1.82, 2.24) is 9.55 Å². The van der Waals surface area contributed by atoms with Crippen LogP contribution in [0.5, 0.6) is 5.75 Å². The number of H-pyrrole nitrogens is 1. The lowest BCUT2D eigenvalue weighted by atomic mass is 10.1. The molecule has 0 saturated carbocycles. The molecule has 0 radical (unpaired) electrons. The van der Waals surface area contributed by atoms with Crippen molar-refractivity contribution in [1.29, 1.82) is 0 Å². The lowest BCUT2D eigenvalue weighted by Gasteiger charge is -2.26. The number of nitrogens with two attached hydrogens (primary N) is 1. The number of para-hydroxylation sites is 1. The van der Waals surface area contributed by atoms with Gasteiger partial charge in [0.15, 0.2) is 5.69 Å². The molecule has 0 unspecified atom stereocenters. The number of amides is 1. The van der Waals surface area contributed by atoms with Crippen molar-refractivity contribution < 1.29 is 18.3 Å². The number of rotatable bonds is 9. The highest BCUT2D eigenvalue weighted by atomic mass is 19.3. The van der Waals surface area contributed by atoms with Crippen molar-refractivity contribution in [3.8, 4) is 5.75 Å². The molecule has 1 amide bonds. The molecule has 30 heavy (non-hydrogen) atoms. The molecule has 0 aliphatic rings. The van der Waals surface area contributed by atoms with Crippen LogP contribution in [0, 0.1) is 5.92 Å². The van der Waals surface area contributed by atoms with E-state index in [0.29, 0.717) is 6.42 Å². The summed E-state index contributed by atoms with van der Waals surface area (Å²) in [5.41, 5.74) is 4.29. The van der Waals surface area contributed by atoms with Gasteiger partial charge in [-0.3, -0.25) is 19.1 Å². The summed E-state index contributed by atoms with van der Waals surface area (Å²) < 4.78 is 31.2. The molecular weight excluding hydrogens is 398 g/mol. The monoisotopic (exact) mass is 424 g/mol. The average molecular weight is 424 g/mol. The summed E-state index contributed by atoms with van der Waals surface area (Å²) in [6.45, 7) is 2.78. The summed E-state index contributed by atoms with van der Waals surface area (Å²) in [6.07, 6.45) is 1.42. The molecule has 0 bridgehead atoms. The van der Waals surface area contributed by atoms with Crippen molar-refractivity contribution in [2.75, 3.05) is 17.2 Å². The van der Waals surface area contributed by atoms with Crippen LogP contribution in [0.2, 0.25) is 0 Å². The van der Waals surface area contributed by atoms with Crippen LogP contribution in [0.1, 0.15) is 44.0 Å². The maximum atomic E-state index is 13.3. The van der Waals surface area contributed by atoms with Crippen LogP contribution in [0.25, 0.3) is 0 Å². The van der Waals surface area contributed by atoms with E-state index in [2.05, 4.69) is 9.72 Å². The normalized spacial score (nSPS) is 11.2. The standard InChI is InChI=1S/C20H26F2N4O4/c1-4-5-10-25-16(23)15(17(27)24-20(25)29)26(11-12(2)3)18(28)13-8-6-7-9-14(13)30-19(21)22/h6-9,12,19H,4-5,10-11,23H2,1-3H3,(H,24,27,29). The molecule has 0 aliphatic heterocycles. The lowest BCUT2D eigenvalue weighted by molar-refractivity contribution is -0.0501. The predicted molar refractivity (Wildman–Crippen MR) is 110 cm³/mol. The van der Waals surface area contributed by atoms with Crippen LogP contribution in [0.4, 0.5) is 20.3 Å². The van der Waals surface area contributed by atoms with Crippen molar-refractivity contribution in [3.05, 3.63) is 50.7 Å². The predicted octanol–water partition coefficient (Wildman–Crippen LogP) is 2.82. The third kappa shape index (κ3) is 5.25. The van der Waals surface area contributed by atoms with Crippen LogP contribution in [0.3, 0.4) is 0 Å². The molecule has 10 heteroatoms. The van der Waals surface area contributed by atoms with Gasteiger partial charge >= 0.3 is 12.3 Å². The van der Waals surface area contributed by atoms with Gasteiger partial charge in [0.1, 0.15) is 11.6 Å². The van der Waals surface area contributed by atoms with Gasteiger partial charge in [0, 0.05) is 13.1 Å². The summed E-state index contributed by atoms with van der Waals surface area (Å²) in [5, 5.41) is 0. The van der Waals surface area contributed by atoms with E-state index in [-0.39, 0.29) is 41.8 Å². The largest absolute Gasteiger partial charge is 0.434 e. The van der Waals surface area contributed by atoms with E-state index in [1.807, 2.05) is 20.8 Å². The van der Waals surface area contributed by atoms with E-state index in [9.17, 15) is 23.2 Å². The van der Waals surface area contributed by atoms with E-state index in [1.54, 1.807) is 0 Å². The second kappa shape index (κ2) is 10.0. The number of nitrogen functional groups attached to an aromatic ring is 1. The number of nitrogens with one attached hydrogen (secondary N) is 1. The number of carbonyl (C=O) groups is 1. The molecule has 1 aromatic carbocycles. The van der Waals surface area contributed by atoms with Gasteiger partial charge in [-0.25, -0.2) is 4.79 Å². The topological polar surface area (TPSA) is 110 Å². The van der Waals surface area contributed by atoms with Crippen molar-refractivity contribution in [3.63, 3.8) is 0 Å². The Kier molecular flexibility index (Phi) is 7.73. The van der Waals surface area contributed by atoms with E-state index >= 15 is 0 Å². The Balaban J connectivity index is 2.64. The fourth-order valence-electron chi connectivity index (χ4n) is 3.00. The van der Waals surface area contributed by atoms with Crippen LogP contribution in [-0.4, -0.2) is 28.6 Å². The molecule has 0 aliphatic carbocycles. The summed E-state index contributed by atoms with van der Waals surface area (Å²) in [5.74, 6) is -1.30. The van der Waals surface area contributed by atoms with Crippen LogP contribution in [-0.2, 0) is 6.54 Å². The highest BCUT2D eigenvalue weighted by Crippen LogP contribution is 2.26. The number of benzene rings is 1. The van der Waals surface area contributed by atoms with Gasteiger partial charge in [-0.1, -0.05) is 39.3 Å². The smallest absolute Gasteiger partial charge is 0.387 e. The first-order valence-corrected chi connectivity index (χ1v) is 9.65. The van der Waals surface area contributed by atoms with Crippen LogP contribution >= 0.6 is 0 Å². The number of anilines is 2. The fraction of sp³-hybridized carbons (Fsp3) is 0.450. The van der Waals surface area contributed by atoms with Gasteiger partial charge in [-0.05, 0) is 24.5 Å². The summed E-state index contributed by atoms with van der Waals surface area (Å²) >= 11 is 0. The molecule has 0 spiro atoms. The van der Waals surface area contributed by atoms with E-state index in [4.69, 9.17) is 5.73 Å². The summed E-state index contributed by atoms with van der Waals surface area (Å²) in [4.78, 5) is 41.4. The minimum Gasteiger partial charge on any atom is -0.434 e. The summed E-state index contributed by atoms with van der Waals surface area (Å²) in [6, 6.07) is 5.51. The van der Waals surface area contributed by atoms with Crippen molar-refractivity contribution >= 4 is 17.4 Å². The van der Waals surface area contributed by atoms with Crippen LogP contribution in [0.15, 0.2) is 33.9 Å². The fourth-order valence-corrected chi connectivity index (χ4v) is 3.00. The van der Waals surface area contributed by atoms with Gasteiger partial charge < -0.3 is 15.4 Å². The Morgan fingerprint density at radius 2 is 1.93 bits per heavy atom. The van der Waals surface area contributed by atoms with Gasteiger partial charge in [-0.15, -0.1) is 0 Å². The van der Waals surface area contributed by atoms with E-state index < -0.39 is 23.8 Å². The number of ether oxygens (including phenoxy) is 1. The molecule has 1 aromatic heterocycles. The highest BCUT2D eigenvalue weighted by Gasteiger charge is 2.28. The van der Waals surface area contributed by atoms with E-state index in [0.717, 1.165) is 11.3 Å². The zero-order valence-corrected chi connectivity index (χ0v) is 17.2. The third-order valence-corrected chi connectivity index (χ3v) is 4.35. The molecule has 1 heterocycles. The number of hydrogen-bond donors (Lipinski definition) is 2. The van der Waals surface area contributed by atoms with Crippen LogP contribution < -0.4 is 26.6 Å². The maximum absolute atomic E-state index is 13.3. The van der Waals surface area contributed by atoms with Crippen molar-refractivity contribution in [2.24, 2.45) is 5.92 Å². The molecule has 8 nitrogen and oxygen atoms in total. The van der Waals surface area contributed by atoms with Gasteiger partial charge in [0.05, 0.1) is 5.56 Å². The molecule has 3 N–H and O–H groups in total. The molecular formula is C20H26F2N4O4. The number of aromatic amines is 1. The number of unbranched alkanes of at least 4 members (excludes halogenated alkanes) is 1.